The largest absolute Gasteiger partial charge is 0.384 e. The fourth-order valence-corrected chi connectivity index (χ4v) is 3.82. The molecule has 4 N–H and O–H groups in total. The Kier molecular flexibility index (Phi) is 4.46. The Bertz CT molecular complexity index is 1030. The van der Waals surface area contributed by atoms with Gasteiger partial charge >= 0.3 is 0 Å². The molecule has 1 aromatic heterocycles. The Hall–Kier alpha value is -3.42. The fourth-order valence-electron chi connectivity index (χ4n) is 3.82. The fraction of sp³-hybridized carbons (Fsp3) is 0.300. The standard InChI is InChI=1S/C20H20N4O4/c21-17-16-14(19(27)23-20(16)28)10-15(25)24(17)13-8-6-11(7-9-13)18(26)22-12-4-2-1-3-5-12/h6-10,12H,1-5,21H2,(H,22,26)(H,23,27,28). The van der Waals surface area contributed by atoms with E-state index in [9.17, 15) is 19.2 Å². The third kappa shape index (κ3) is 3.06. The predicted octanol–water partition coefficient (Wildman–Crippen LogP) is 1.37. The molecule has 0 unspecified atom stereocenters. The Morgan fingerprint density at radius 1 is 1.04 bits per heavy atom. The molecule has 8 heteroatoms. The van der Waals surface area contributed by atoms with Crippen LogP contribution in [0.25, 0.3) is 5.69 Å². The van der Waals surface area contributed by atoms with Crippen molar-refractivity contribution in [1.82, 2.24) is 15.2 Å². The van der Waals surface area contributed by atoms with Crippen molar-refractivity contribution in [3.63, 3.8) is 0 Å². The average molecular weight is 380 g/mol. The lowest BCUT2D eigenvalue weighted by Gasteiger charge is -2.22. The van der Waals surface area contributed by atoms with E-state index < -0.39 is 17.4 Å². The lowest BCUT2D eigenvalue weighted by atomic mass is 9.95. The predicted molar refractivity (Wildman–Crippen MR) is 103 cm³/mol. The van der Waals surface area contributed by atoms with Crippen molar-refractivity contribution in [3.05, 3.63) is 57.4 Å². The van der Waals surface area contributed by atoms with E-state index in [4.69, 9.17) is 5.73 Å². The maximum atomic E-state index is 12.4. The topological polar surface area (TPSA) is 123 Å². The first-order valence-corrected chi connectivity index (χ1v) is 9.28. The first-order chi connectivity index (χ1) is 13.5. The zero-order chi connectivity index (χ0) is 19.8. The van der Waals surface area contributed by atoms with Gasteiger partial charge in [-0.05, 0) is 37.1 Å². The number of hydrogen-bond donors (Lipinski definition) is 3. The van der Waals surface area contributed by atoms with E-state index >= 15 is 0 Å². The highest BCUT2D eigenvalue weighted by molar-refractivity contribution is 6.23. The Morgan fingerprint density at radius 3 is 2.39 bits per heavy atom. The van der Waals surface area contributed by atoms with Crippen molar-refractivity contribution in [1.29, 1.82) is 0 Å². The van der Waals surface area contributed by atoms with Crippen LogP contribution >= 0.6 is 0 Å². The van der Waals surface area contributed by atoms with Crippen LogP contribution in [0.5, 0.6) is 0 Å². The minimum Gasteiger partial charge on any atom is -0.384 e. The summed E-state index contributed by atoms with van der Waals surface area (Å²) in [6, 6.07) is 7.70. The van der Waals surface area contributed by atoms with Crippen molar-refractivity contribution in [3.8, 4) is 5.69 Å². The number of carbonyl (C=O) groups excluding carboxylic acids is 3. The third-order valence-electron chi connectivity index (χ3n) is 5.28. The number of hydrogen-bond acceptors (Lipinski definition) is 5. The average Bonchev–Trinajstić information content (AvgIpc) is 2.96. The van der Waals surface area contributed by atoms with Gasteiger partial charge in [-0.25, -0.2) is 0 Å². The molecule has 0 saturated heterocycles. The van der Waals surface area contributed by atoms with Crippen LogP contribution in [0.1, 0.15) is 63.2 Å². The van der Waals surface area contributed by atoms with E-state index in [-0.39, 0.29) is 28.9 Å². The van der Waals surface area contributed by atoms with Crippen molar-refractivity contribution in [2.75, 3.05) is 5.73 Å². The molecule has 1 fully saturated rings. The maximum Gasteiger partial charge on any atom is 0.262 e. The van der Waals surface area contributed by atoms with Gasteiger partial charge < -0.3 is 11.1 Å². The maximum absolute atomic E-state index is 12.4. The summed E-state index contributed by atoms with van der Waals surface area (Å²) in [4.78, 5) is 48.6. The molecule has 3 amide bonds. The molecule has 1 aliphatic carbocycles. The Morgan fingerprint density at radius 2 is 1.71 bits per heavy atom. The molecule has 4 rings (SSSR count). The van der Waals surface area contributed by atoms with Crippen molar-refractivity contribution >= 4 is 23.5 Å². The summed E-state index contributed by atoms with van der Waals surface area (Å²) in [6.07, 6.45) is 5.44. The number of fused-ring (bicyclic) bond motifs is 1. The number of amides is 3. The zero-order valence-electron chi connectivity index (χ0n) is 15.2. The highest BCUT2D eigenvalue weighted by atomic mass is 16.2. The van der Waals surface area contributed by atoms with Gasteiger partial charge in [0.1, 0.15) is 5.82 Å². The van der Waals surface area contributed by atoms with E-state index in [0.717, 1.165) is 36.3 Å². The van der Waals surface area contributed by atoms with Crippen LogP contribution in [0.3, 0.4) is 0 Å². The van der Waals surface area contributed by atoms with Crippen LogP contribution in [-0.4, -0.2) is 28.3 Å². The molecule has 28 heavy (non-hydrogen) atoms. The lowest BCUT2D eigenvalue weighted by Crippen LogP contribution is -2.36. The summed E-state index contributed by atoms with van der Waals surface area (Å²) >= 11 is 0. The number of pyridine rings is 1. The summed E-state index contributed by atoms with van der Waals surface area (Å²) < 4.78 is 1.15. The smallest absolute Gasteiger partial charge is 0.262 e. The number of nitrogens with two attached hydrogens (primary N) is 1. The summed E-state index contributed by atoms with van der Waals surface area (Å²) in [5, 5.41) is 5.17. The molecule has 1 aromatic carbocycles. The Balaban J connectivity index is 1.62. The molecule has 0 bridgehead atoms. The second kappa shape index (κ2) is 6.95. The molecule has 0 spiro atoms. The van der Waals surface area contributed by atoms with Gasteiger partial charge in [-0.2, -0.15) is 0 Å². The van der Waals surface area contributed by atoms with Gasteiger partial charge in [0.2, 0.25) is 0 Å². The van der Waals surface area contributed by atoms with E-state index in [1.165, 1.54) is 6.42 Å². The van der Waals surface area contributed by atoms with Crippen LogP contribution < -0.4 is 21.9 Å². The van der Waals surface area contributed by atoms with Crippen molar-refractivity contribution in [2.24, 2.45) is 0 Å². The number of nitrogens with zero attached hydrogens (tertiary/aromatic N) is 1. The van der Waals surface area contributed by atoms with Crippen molar-refractivity contribution < 1.29 is 14.4 Å². The SMILES string of the molecule is Nc1c2c(cc(=O)n1-c1ccc(C(=O)NC3CCCCC3)cc1)C(=O)NC2=O. The minimum atomic E-state index is -0.634. The Labute approximate surface area is 160 Å². The second-order valence-electron chi connectivity index (χ2n) is 7.13. The van der Waals surface area contributed by atoms with Crippen molar-refractivity contribution in [2.45, 2.75) is 38.1 Å². The second-order valence-corrected chi connectivity index (χ2v) is 7.13. The van der Waals surface area contributed by atoms with Crippen LogP contribution in [0.2, 0.25) is 0 Å². The molecule has 144 valence electrons. The quantitative estimate of drug-likeness (QED) is 0.694. The van der Waals surface area contributed by atoms with E-state index in [0.29, 0.717) is 11.3 Å². The number of nitrogens with one attached hydrogen (secondary N) is 2. The molecule has 0 radical (unpaired) electrons. The monoisotopic (exact) mass is 380 g/mol. The molecule has 0 atom stereocenters. The molecule has 1 saturated carbocycles. The lowest BCUT2D eigenvalue weighted by molar-refractivity contribution is 0.0877. The van der Waals surface area contributed by atoms with Crippen LogP contribution in [0.4, 0.5) is 5.82 Å². The van der Waals surface area contributed by atoms with Gasteiger partial charge in [0, 0.05) is 17.7 Å². The van der Waals surface area contributed by atoms with Gasteiger partial charge in [0.15, 0.2) is 0 Å². The number of anilines is 1. The first kappa shape index (κ1) is 18.0. The summed E-state index contributed by atoms with van der Waals surface area (Å²) in [7, 11) is 0. The summed E-state index contributed by atoms with van der Waals surface area (Å²) in [5.74, 6) is -1.52. The van der Waals surface area contributed by atoms with E-state index in [2.05, 4.69) is 10.6 Å². The number of benzene rings is 1. The molecule has 2 aromatic rings. The van der Waals surface area contributed by atoms with Crippen LogP contribution in [0, 0.1) is 0 Å². The van der Waals surface area contributed by atoms with Gasteiger partial charge in [-0.15, -0.1) is 0 Å². The number of imide groups is 1. The number of rotatable bonds is 3. The summed E-state index contributed by atoms with van der Waals surface area (Å²) in [6.45, 7) is 0. The summed E-state index contributed by atoms with van der Waals surface area (Å²) in [5.41, 5.74) is 6.34. The highest BCUT2D eigenvalue weighted by Gasteiger charge is 2.31. The van der Waals surface area contributed by atoms with Gasteiger partial charge in [-0.1, -0.05) is 19.3 Å². The van der Waals surface area contributed by atoms with Crippen LogP contribution in [-0.2, 0) is 0 Å². The van der Waals surface area contributed by atoms with Gasteiger partial charge in [0.25, 0.3) is 23.3 Å². The molecular weight excluding hydrogens is 360 g/mol. The molecule has 8 nitrogen and oxygen atoms in total. The normalized spacial score (nSPS) is 16.6. The van der Waals surface area contributed by atoms with Crippen LogP contribution in [0.15, 0.2) is 35.1 Å². The molecule has 2 aliphatic rings. The van der Waals surface area contributed by atoms with E-state index in [1.54, 1.807) is 24.3 Å². The van der Waals surface area contributed by atoms with E-state index in [1.807, 2.05) is 0 Å². The molecular formula is C20H20N4O4. The number of nitrogen functional groups attached to an aromatic ring is 1. The number of aromatic nitrogens is 1. The third-order valence-corrected chi connectivity index (χ3v) is 5.28. The number of carbonyl (C=O) groups is 3. The van der Waals surface area contributed by atoms with Gasteiger partial charge in [-0.3, -0.25) is 29.1 Å². The minimum absolute atomic E-state index is 0.0104. The highest BCUT2D eigenvalue weighted by Crippen LogP contribution is 2.23. The molecule has 2 heterocycles. The molecule has 1 aliphatic heterocycles. The van der Waals surface area contributed by atoms with Gasteiger partial charge in [0.05, 0.1) is 16.8 Å². The first-order valence-electron chi connectivity index (χ1n) is 9.28. The zero-order valence-corrected chi connectivity index (χ0v) is 15.2.